The van der Waals surface area contributed by atoms with Crippen LogP contribution in [0.15, 0.2) is 36.4 Å². The molecule has 1 unspecified atom stereocenters. The molecule has 2 aromatic rings. The van der Waals surface area contributed by atoms with Crippen LogP contribution < -0.4 is 5.73 Å². The van der Waals surface area contributed by atoms with Crippen LogP contribution in [0.5, 0.6) is 0 Å². The van der Waals surface area contributed by atoms with Crippen molar-refractivity contribution in [1.29, 1.82) is 0 Å². The first-order valence-electron chi connectivity index (χ1n) is 9.25. The molecule has 5 nitrogen and oxygen atoms in total. The first-order valence-corrected chi connectivity index (χ1v) is 11.6. The largest absolute Gasteiger partial charge is 0.469 e. The molecular formula is C21H28NO4PS. The molecular weight excluding hydrogens is 393 g/mol. The number of thiophene rings is 1. The van der Waals surface area contributed by atoms with Crippen LogP contribution in [0.3, 0.4) is 0 Å². The van der Waals surface area contributed by atoms with Crippen LogP contribution in [-0.4, -0.2) is 21.9 Å². The minimum absolute atomic E-state index is 0.184. The predicted octanol–water partition coefficient (Wildman–Crippen LogP) is 4.19. The maximum Gasteiger partial charge on any atom is 0.469 e. The smallest absolute Gasteiger partial charge is 0.323 e. The molecule has 0 saturated heterocycles. The quantitative estimate of drug-likeness (QED) is 0.321. The molecule has 152 valence electrons. The van der Waals surface area contributed by atoms with E-state index < -0.39 is 13.4 Å². The molecule has 1 heterocycles. The van der Waals surface area contributed by atoms with E-state index in [9.17, 15) is 4.57 Å². The molecule has 0 aliphatic carbocycles. The van der Waals surface area contributed by atoms with Crippen molar-refractivity contribution in [2.75, 3.05) is 6.61 Å². The lowest BCUT2D eigenvalue weighted by atomic mass is 9.98. The highest BCUT2D eigenvalue weighted by molar-refractivity contribution is 7.46. The topological polar surface area (TPSA) is 92.8 Å². The Kier molecular flexibility index (Phi) is 8.45. The van der Waals surface area contributed by atoms with Crippen LogP contribution in [0.4, 0.5) is 0 Å². The van der Waals surface area contributed by atoms with E-state index in [1.807, 2.05) is 12.1 Å². The fourth-order valence-corrected chi connectivity index (χ4v) is 3.92. The molecule has 0 spiro atoms. The minimum atomic E-state index is -4.49. The van der Waals surface area contributed by atoms with Crippen LogP contribution in [0.2, 0.25) is 0 Å². The average molecular weight is 421 g/mol. The lowest BCUT2D eigenvalue weighted by Crippen LogP contribution is -2.41. The van der Waals surface area contributed by atoms with Crippen molar-refractivity contribution in [3.63, 3.8) is 0 Å². The van der Waals surface area contributed by atoms with Crippen molar-refractivity contribution >= 4 is 19.2 Å². The molecule has 2 rings (SSSR count). The molecule has 0 amide bonds. The van der Waals surface area contributed by atoms with E-state index in [2.05, 4.69) is 47.6 Å². The van der Waals surface area contributed by atoms with Crippen molar-refractivity contribution in [3.05, 3.63) is 57.3 Å². The average Bonchev–Trinajstić information content (AvgIpc) is 3.07. The molecule has 1 atom stereocenters. The first-order chi connectivity index (χ1) is 13.1. The number of unbranched alkanes of at least 4 members (excludes halogenated alkanes) is 1. The van der Waals surface area contributed by atoms with Gasteiger partial charge in [0.25, 0.3) is 0 Å². The Morgan fingerprint density at radius 2 is 1.89 bits per heavy atom. The summed E-state index contributed by atoms with van der Waals surface area (Å²) in [7, 11) is -4.49. The molecule has 1 aromatic heterocycles. The second-order valence-corrected chi connectivity index (χ2v) is 9.73. The van der Waals surface area contributed by atoms with Gasteiger partial charge in [0.2, 0.25) is 0 Å². The van der Waals surface area contributed by atoms with Crippen molar-refractivity contribution in [2.24, 2.45) is 5.73 Å². The van der Waals surface area contributed by atoms with Crippen LogP contribution in [0, 0.1) is 18.8 Å². The number of aryl methyl sites for hydroxylation is 3. The van der Waals surface area contributed by atoms with Gasteiger partial charge in [-0.05, 0) is 57.2 Å². The number of rotatable bonds is 9. The molecule has 4 N–H and O–H groups in total. The summed E-state index contributed by atoms with van der Waals surface area (Å²) < 4.78 is 15.3. The van der Waals surface area contributed by atoms with Crippen molar-refractivity contribution in [1.82, 2.24) is 0 Å². The molecule has 7 heteroatoms. The third-order valence-corrected chi connectivity index (χ3v) is 5.79. The van der Waals surface area contributed by atoms with E-state index >= 15 is 0 Å². The zero-order valence-corrected chi connectivity index (χ0v) is 18.1. The fraction of sp³-hybridized carbons (Fsp3) is 0.429. The number of phosphoric ester groups is 1. The number of phosphoric acid groups is 1. The Bertz CT molecular complexity index is 859. The van der Waals surface area contributed by atoms with Gasteiger partial charge in [0.15, 0.2) is 0 Å². The van der Waals surface area contributed by atoms with Gasteiger partial charge >= 0.3 is 7.82 Å². The number of hydrogen-bond donors (Lipinski definition) is 3. The van der Waals surface area contributed by atoms with E-state index in [1.165, 1.54) is 11.1 Å². The predicted molar refractivity (Wildman–Crippen MR) is 114 cm³/mol. The Labute approximate surface area is 171 Å². The maximum atomic E-state index is 10.8. The SMILES string of the molecule is Cc1ccc(CCCC#Cc2ccc(CCC(C)(N)COP(=O)(O)O)s2)cc1. The van der Waals surface area contributed by atoms with Gasteiger partial charge < -0.3 is 15.5 Å². The molecule has 0 aliphatic rings. The van der Waals surface area contributed by atoms with Crippen molar-refractivity contribution in [3.8, 4) is 11.8 Å². The van der Waals surface area contributed by atoms with Gasteiger partial charge in [-0.3, -0.25) is 4.52 Å². The molecule has 1 aromatic carbocycles. The van der Waals surface area contributed by atoms with Crippen LogP contribution in [-0.2, 0) is 21.9 Å². The summed E-state index contributed by atoms with van der Waals surface area (Å²) >= 11 is 1.63. The number of benzene rings is 1. The summed E-state index contributed by atoms with van der Waals surface area (Å²) in [5.41, 5.74) is 7.88. The zero-order chi connectivity index (χ0) is 20.6. The summed E-state index contributed by atoms with van der Waals surface area (Å²) in [5.74, 6) is 6.45. The summed E-state index contributed by atoms with van der Waals surface area (Å²) in [6.45, 7) is 3.63. The second kappa shape index (κ2) is 10.4. The number of nitrogens with two attached hydrogens (primary N) is 1. The Hall–Kier alpha value is -1.45. The third-order valence-electron chi connectivity index (χ3n) is 4.27. The zero-order valence-electron chi connectivity index (χ0n) is 16.4. The molecule has 0 radical (unpaired) electrons. The Balaban J connectivity index is 1.74. The van der Waals surface area contributed by atoms with Gasteiger partial charge in [-0.2, -0.15) is 0 Å². The van der Waals surface area contributed by atoms with Gasteiger partial charge in [-0.15, -0.1) is 11.3 Å². The standard InChI is InChI=1S/C21H28NO4PS/c1-17-8-10-18(11-9-17)6-4-3-5-7-19-12-13-20(28-19)14-15-21(2,22)16-26-27(23,24)25/h8-13H,3-4,6,14-16,22H2,1-2H3,(H2,23,24,25). The van der Waals surface area contributed by atoms with Gasteiger partial charge in [0, 0.05) is 16.8 Å². The molecule has 0 bridgehead atoms. The molecule has 28 heavy (non-hydrogen) atoms. The maximum absolute atomic E-state index is 10.8. The lowest BCUT2D eigenvalue weighted by molar-refractivity contribution is 0.154. The molecule has 0 aliphatic heterocycles. The summed E-state index contributed by atoms with van der Waals surface area (Å²) in [5, 5.41) is 0. The molecule has 0 saturated carbocycles. The van der Waals surface area contributed by atoms with E-state index in [1.54, 1.807) is 18.3 Å². The summed E-state index contributed by atoms with van der Waals surface area (Å²) in [6, 6.07) is 12.7. The van der Waals surface area contributed by atoms with Gasteiger partial charge in [0.1, 0.15) is 0 Å². The van der Waals surface area contributed by atoms with Gasteiger partial charge in [-0.1, -0.05) is 41.7 Å². The van der Waals surface area contributed by atoms with Gasteiger partial charge in [-0.25, -0.2) is 4.57 Å². The Morgan fingerprint density at radius 3 is 2.57 bits per heavy atom. The second-order valence-electron chi connectivity index (χ2n) is 7.32. The lowest BCUT2D eigenvalue weighted by Gasteiger charge is -2.24. The van der Waals surface area contributed by atoms with Crippen molar-refractivity contribution in [2.45, 2.75) is 51.5 Å². The third kappa shape index (κ3) is 9.16. The van der Waals surface area contributed by atoms with Crippen LogP contribution in [0.25, 0.3) is 0 Å². The van der Waals surface area contributed by atoms with Crippen LogP contribution in [0.1, 0.15) is 47.1 Å². The highest BCUT2D eigenvalue weighted by atomic mass is 32.1. The van der Waals surface area contributed by atoms with Crippen LogP contribution >= 0.6 is 19.2 Å². The minimum Gasteiger partial charge on any atom is -0.323 e. The Morgan fingerprint density at radius 1 is 1.18 bits per heavy atom. The van der Waals surface area contributed by atoms with Gasteiger partial charge in [0.05, 0.1) is 11.5 Å². The van der Waals surface area contributed by atoms with E-state index in [0.29, 0.717) is 6.42 Å². The summed E-state index contributed by atoms with van der Waals surface area (Å²) in [4.78, 5) is 19.7. The highest BCUT2D eigenvalue weighted by Gasteiger charge is 2.24. The van der Waals surface area contributed by atoms with E-state index in [-0.39, 0.29) is 6.61 Å². The number of hydrogen-bond acceptors (Lipinski definition) is 4. The van der Waals surface area contributed by atoms with E-state index in [0.717, 1.165) is 35.4 Å². The monoisotopic (exact) mass is 421 g/mol. The summed E-state index contributed by atoms with van der Waals surface area (Å²) in [6.07, 6.45) is 4.23. The van der Waals surface area contributed by atoms with E-state index in [4.69, 9.17) is 15.5 Å². The normalized spacial score (nSPS) is 13.6. The molecule has 0 fully saturated rings. The fourth-order valence-electron chi connectivity index (χ4n) is 2.58. The highest BCUT2D eigenvalue weighted by Crippen LogP contribution is 2.37. The first kappa shape index (κ1) is 22.8. The van der Waals surface area contributed by atoms with Crippen molar-refractivity contribution < 1.29 is 18.9 Å².